The van der Waals surface area contributed by atoms with Gasteiger partial charge in [0.1, 0.15) is 5.60 Å². The van der Waals surface area contributed by atoms with Gasteiger partial charge in [0, 0.05) is 25.8 Å². The summed E-state index contributed by atoms with van der Waals surface area (Å²) in [5.74, 6) is -1.02. The summed E-state index contributed by atoms with van der Waals surface area (Å²) >= 11 is 0. The van der Waals surface area contributed by atoms with E-state index in [9.17, 15) is 9.59 Å². The molecule has 6 heteroatoms. The second-order valence-corrected chi connectivity index (χ2v) is 6.54. The minimum Gasteiger partial charge on any atom is -0.478 e. The van der Waals surface area contributed by atoms with Gasteiger partial charge in [-0.25, -0.2) is 9.59 Å². The average molecular weight is 313 g/mol. The van der Waals surface area contributed by atoms with E-state index in [-0.39, 0.29) is 18.7 Å². The highest BCUT2D eigenvalue weighted by atomic mass is 16.6. The summed E-state index contributed by atoms with van der Waals surface area (Å²) < 4.78 is 10.8. The van der Waals surface area contributed by atoms with Gasteiger partial charge >= 0.3 is 12.1 Å². The molecule has 0 bridgehead atoms. The molecule has 126 valence electrons. The number of aliphatic carboxylic acids is 1. The van der Waals surface area contributed by atoms with Crippen molar-refractivity contribution in [1.82, 2.24) is 4.90 Å². The Morgan fingerprint density at radius 1 is 1.23 bits per heavy atom. The maximum Gasteiger partial charge on any atom is 0.410 e. The van der Waals surface area contributed by atoms with Crippen LogP contribution >= 0.6 is 0 Å². The van der Waals surface area contributed by atoms with Gasteiger partial charge in [-0.1, -0.05) is 6.08 Å². The minimum atomic E-state index is -1.02. The molecule has 6 nitrogen and oxygen atoms in total. The van der Waals surface area contributed by atoms with Gasteiger partial charge in [0.25, 0.3) is 0 Å². The summed E-state index contributed by atoms with van der Waals surface area (Å²) in [5.41, 5.74) is -0.574. The molecule has 0 aromatic rings. The smallest absolute Gasteiger partial charge is 0.410 e. The number of carboxylic acids is 1. The zero-order chi connectivity index (χ0) is 16.8. The first-order valence-corrected chi connectivity index (χ1v) is 7.65. The quantitative estimate of drug-likeness (QED) is 0.790. The number of carbonyl (C=O) groups is 2. The summed E-state index contributed by atoms with van der Waals surface area (Å²) in [6.45, 7) is 5.69. The number of ether oxygens (including phenoxy) is 2. The van der Waals surface area contributed by atoms with E-state index < -0.39 is 17.7 Å². The normalized spacial score (nSPS) is 22.5. The van der Waals surface area contributed by atoms with Gasteiger partial charge in [0.2, 0.25) is 0 Å². The van der Waals surface area contributed by atoms with Crippen molar-refractivity contribution in [3.8, 4) is 0 Å². The monoisotopic (exact) mass is 313 g/mol. The van der Waals surface area contributed by atoms with Crippen LogP contribution in [0.1, 0.15) is 46.5 Å². The third-order valence-electron chi connectivity index (χ3n) is 3.61. The summed E-state index contributed by atoms with van der Waals surface area (Å²) in [6.07, 6.45) is 5.82. The Hall–Kier alpha value is -1.56. The van der Waals surface area contributed by atoms with E-state index in [1.165, 1.54) is 6.08 Å². The van der Waals surface area contributed by atoms with Crippen LogP contribution in [0.3, 0.4) is 0 Å². The number of rotatable bonds is 5. The van der Waals surface area contributed by atoms with Crippen LogP contribution in [-0.2, 0) is 14.3 Å². The van der Waals surface area contributed by atoms with Crippen LogP contribution in [-0.4, -0.2) is 53.5 Å². The van der Waals surface area contributed by atoms with Crippen LogP contribution in [0.15, 0.2) is 12.2 Å². The van der Waals surface area contributed by atoms with Crippen molar-refractivity contribution < 1.29 is 24.2 Å². The van der Waals surface area contributed by atoms with Gasteiger partial charge in [-0.05, 0) is 46.5 Å². The van der Waals surface area contributed by atoms with E-state index in [1.807, 2.05) is 20.8 Å². The number of carbonyl (C=O) groups excluding carboxylic acids is 1. The first-order chi connectivity index (χ1) is 10.2. The van der Waals surface area contributed by atoms with Gasteiger partial charge in [0.05, 0.1) is 6.10 Å². The van der Waals surface area contributed by atoms with Gasteiger partial charge < -0.3 is 19.5 Å². The third kappa shape index (κ3) is 6.47. The van der Waals surface area contributed by atoms with E-state index in [0.717, 1.165) is 31.8 Å². The molecule has 1 N–H and O–H groups in total. The van der Waals surface area contributed by atoms with Gasteiger partial charge in [-0.3, -0.25) is 0 Å². The van der Waals surface area contributed by atoms with E-state index in [4.69, 9.17) is 14.6 Å². The van der Waals surface area contributed by atoms with Gasteiger partial charge in [-0.15, -0.1) is 0 Å². The molecule has 0 aromatic heterocycles. The predicted molar refractivity (Wildman–Crippen MR) is 82.8 cm³/mol. The first-order valence-electron chi connectivity index (χ1n) is 7.65. The second-order valence-electron chi connectivity index (χ2n) is 6.54. The van der Waals surface area contributed by atoms with Crippen molar-refractivity contribution in [1.29, 1.82) is 0 Å². The number of amides is 1. The van der Waals surface area contributed by atoms with Crippen molar-refractivity contribution in [3.63, 3.8) is 0 Å². The van der Waals surface area contributed by atoms with Crippen LogP contribution in [0.2, 0.25) is 0 Å². The fourth-order valence-electron chi connectivity index (χ4n) is 2.55. The average Bonchev–Trinajstić information content (AvgIpc) is 2.41. The number of nitrogens with zero attached hydrogens (tertiary/aromatic N) is 1. The molecule has 1 amide bonds. The third-order valence-corrected chi connectivity index (χ3v) is 3.61. The Bertz CT molecular complexity index is 405. The molecule has 22 heavy (non-hydrogen) atoms. The zero-order valence-corrected chi connectivity index (χ0v) is 13.9. The Morgan fingerprint density at radius 2 is 1.82 bits per heavy atom. The van der Waals surface area contributed by atoms with E-state index >= 15 is 0 Å². The lowest BCUT2D eigenvalue weighted by Crippen LogP contribution is -2.45. The molecule has 0 unspecified atom stereocenters. The summed E-state index contributed by atoms with van der Waals surface area (Å²) in [7, 11) is 1.70. The number of hydrogen-bond acceptors (Lipinski definition) is 4. The minimum absolute atomic E-state index is 0.0553. The highest BCUT2D eigenvalue weighted by Gasteiger charge is 2.31. The fourth-order valence-corrected chi connectivity index (χ4v) is 2.55. The van der Waals surface area contributed by atoms with Gasteiger partial charge in [0.15, 0.2) is 0 Å². The van der Waals surface area contributed by atoms with Crippen LogP contribution < -0.4 is 0 Å². The molecule has 0 heterocycles. The Kier molecular flexibility index (Phi) is 6.87. The van der Waals surface area contributed by atoms with Crippen molar-refractivity contribution in [3.05, 3.63) is 12.2 Å². The standard InChI is InChI=1S/C16H27NO5/c1-16(2,3)22-15(20)17(11-5-6-14(18)19)12-7-9-13(21-4)10-8-12/h5-6,12-13H,7-11H2,1-4H3,(H,18,19)/b6-5+. The molecule has 1 saturated carbocycles. The molecule has 0 spiro atoms. The van der Waals surface area contributed by atoms with Crippen LogP contribution in [0.5, 0.6) is 0 Å². The summed E-state index contributed by atoms with van der Waals surface area (Å²) in [4.78, 5) is 24.6. The molecule has 0 aromatic carbocycles. The molecule has 0 atom stereocenters. The van der Waals surface area contributed by atoms with Crippen molar-refractivity contribution in [2.24, 2.45) is 0 Å². The van der Waals surface area contributed by atoms with Crippen molar-refractivity contribution >= 4 is 12.1 Å². The summed E-state index contributed by atoms with van der Waals surface area (Å²) in [6, 6.07) is 0.0553. The molecule has 1 aliphatic carbocycles. The molecular weight excluding hydrogens is 286 g/mol. The molecule has 1 fully saturated rings. The molecule has 1 rings (SSSR count). The summed E-state index contributed by atoms with van der Waals surface area (Å²) in [5, 5.41) is 8.69. The van der Waals surface area contributed by atoms with Crippen LogP contribution in [0, 0.1) is 0 Å². The predicted octanol–water partition coefficient (Wildman–Crippen LogP) is 2.82. The van der Waals surface area contributed by atoms with E-state index in [2.05, 4.69) is 0 Å². The maximum absolute atomic E-state index is 12.4. The second kappa shape index (κ2) is 8.17. The number of carboxylic acid groups (broad SMARTS) is 1. The number of methoxy groups -OCH3 is 1. The first kappa shape index (κ1) is 18.5. The lowest BCUT2D eigenvalue weighted by atomic mass is 9.92. The van der Waals surface area contributed by atoms with Crippen molar-refractivity contribution in [2.75, 3.05) is 13.7 Å². The van der Waals surface area contributed by atoms with Crippen LogP contribution in [0.25, 0.3) is 0 Å². The Labute approximate surface area is 132 Å². The molecular formula is C16H27NO5. The largest absolute Gasteiger partial charge is 0.478 e. The molecule has 0 saturated heterocycles. The van der Waals surface area contributed by atoms with Crippen molar-refractivity contribution in [2.45, 2.75) is 64.2 Å². The molecule has 0 radical (unpaired) electrons. The van der Waals surface area contributed by atoms with E-state index in [0.29, 0.717) is 0 Å². The highest BCUT2D eigenvalue weighted by Crippen LogP contribution is 2.26. The van der Waals surface area contributed by atoms with E-state index in [1.54, 1.807) is 12.0 Å². The topological polar surface area (TPSA) is 76.1 Å². The zero-order valence-electron chi connectivity index (χ0n) is 13.9. The highest BCUT2D eigenvalue weighted by molar-refractivity contribution is 5.79. The maximum atomic E-state index is 12.4. The Morgan fingerprint density at radius 3 is 2.27 bits per heavy atom. The Balaban J connectivity index is 2.73. The van der Waals surface area contributed by atoms with Crippen LogP contribution in [0.4, 0.5) is 4.79 Å². The lowest BCUT2D eigenvalue weighted by Gasteiger charge is -2.36. The lowest BCUT2D eigenvalue weighted by molar-refractivity contribution is -0.131. The van der Waals surface area contributed by atoms with Gasteiger partial charge in [-0.2, -0.15) is 0 Å². The SMILES string of the molecule is COC1CCC(N(C/C=C/C(=O)O)C(=O)OC(C)(C)C)CC1. The molecule has 1 aliphatic rings. The molecule has 0 aliphatic heterocycles. The fraction of sp³-hybridized carbons (Fsp3) is 0.750. The number of hydrogen-bond donors (Lipinski definition) is 1.